The Morgan fingerprint density at radius 2 is 1.90 bits per heavy atom. The molecule has 2 aromatic carbocycles. The van der Waals surface area contributed by atoms with Gasteiger partial charge in [0.15, 0.2) is 11.5 Å². The zero-order valence-electron chi connectivity index (χ0n) is 24.0. The SMILES string of the molecule is CC(C)(C)OC(=O)N1CC[C@@H](CNC(=O)c2nc(-c3cccc(C(=O)N[C@@H]4c5ccccc5C[C@@H]4O)c3)cnc2N)C1. The Morgan fingerprint density at radius 3 is 2.69 bits per heavy atom. The Hall–Kier alpha value is -4.51. The van der Waals surface area contributed by atoms with Crippen LogP contribution in [-0.2, 0) is 11.2 Å². The summed E-state index contributed by atoms with van der Waals surface area (Å²) in [6, 6.07) is 14.0. The number of nitrogens with zero attached hydrogens (tertiary/aromatic N) is 3. The average molecular weight is 573 g/mol. The molecule has 1 fully saturated rings. The molecule has 5 N–H and O–H groups in total. The second-order valence-corrected chi connectivity index (χ2v) is 11.8. The molecule has 5 rings (SSSR count). The molecule has 0 spiro atoms. The van der Waals surface area contributed by atoms with Gasteiger partial charge in [0.25, 0.3) is 11.8 Å². The third-order valence-corrected chi connectivity index (χ3v) is 7.42. The highest BCUT2D eigenvalue weighted by Crippen LogP contribution is 2.31. The minimum atomic E-state index is -0.705. The van der Waals surface area contributed by atoms with Gasteiger partial charge in [-0.05, 0) is 56.4 Å². The van der Waals surface area contributed by atoms with Gasteiger partial charge in [0, 0.05) is 37.2 Å². The number of benzene rings is 2. The molecule has 220 valence electrons. The van der Waals surface area contributed by atoms with Crippen molar-refractivity contribution >= 4 is 23.7 Å². The van der Waals surface area contributed by atoms with Crippen LogP contribution in [0.4, 0.5) is 10.6 Å². The van der Waals surface area contributed by atoms with E-state index in [1.807, 2.05) is 45.0 Å². The number of nitrogen functional groups attached to an aromatic ring is 1. The highest BCUT2D eigenvalue weighted by atomic mass is 16.6. The first-order chi connectivity index (χ1) is 20.0. The minimum Gasteiger partial charge on any atom is -0.444 e. The molecule has 2 heterocycles. The summed E-state index contributed by atoms with van der Waals surface area (Å²) in [7, 11) is 0. The van der Waals surface area contributed by atoms with Gasteiger partial charge in [-0.25, -0.2) is 14.8 Å². The van der Waals surface area contributed by atoms with Gasteiger partial charge in [-0.15, -0.1) is 0 Å². The van der Waals surface area contributed by atoms with E-state index < -0.39 is 23.7 Å². The van der Waals surface area contributed by atoms with E-state index in [2.05, 4.69) is 20.6 Å². The minimum absolute atomic E-state index is 0.0131. The van der Waals surface area contributed by atoms with Gasteiger partial charge in [0.1, 0.15) is 5.60 Å². The van der Waals surface area contributed by atoms with E-state index >= 15 is 0 Å². The number of hydrogen-bond donors (Lipinski definition) is 4. The molecule has 1 saturated heterocycles. The van der Waals surface area contributed by atoms with Gasteiger partial charge in [0.05, 0.1) is 24.0 Å². The molecule has 2 aliphatic rings. The zero-order valence-corrected chi connectivity index (χ0v) is 24.0. The molecule has 1 aliphatic heterocycles. The van der Waals surface area contributed by atoms with E-state index in [-0.39, 0.29) is 29.4 Å². The Kier molecular flexibility index (Phi) is 8.13. The van der Waals surface area contributed by atoms with Crippen LogP contribution < -0.4 is 16.4 Å². The second-order valence-electron chi connectivity index (χ2n) is 11.8. The lowest BCUT2D eigenvalue weighted by Crippen LogP contribution is -2.36. The van der Waals surface area contributed by atoms with Gasteiger partial charge in [-0.3, -0.25) is 9.59 Å². The number of aliphatic hydroxyl groups excluding tert-OH is 1. The third kappa shape index (κ3) is 6.52. The van der Waals surface area contributed by atoms with E-state index in [1.54, 1.807) is 29.2 Å². The first-order valence-corrected chi connectivity index (χ1v) is 14.0. The van der Waals surface area contributed by atoms with E-state index in [0.717, 1.165) is 17.5 Å². The molecule has 1 aliphatic carbocycles. The number of nitrogens with two attached hydrogens (primary N) is 1. The lowest BCUT2D eigenvalue weighted by molar-refractivity contribution is 0.0288. The topological polar surface area (TPSA) is 160 Å². The van der Waals surface area contributed by atoms with Gasteiger partial charge < -0.3 is 31.1 Å². The van der Waals surface area contributed by atoms with Crippen LogP contribution in [0.15, 0.2) is 54.7 Å². The van der Waals surface area contributed by atoms with Crippen molar-refractivity contribution in [2.45, 2.75) is 51.4 Å². The molecule has 3 amide bonds. The summed E-state index contributed by atoms with van der Waals surface area (Å²) in [5.41, 5.74) is 8.68. The van der Waals surface area contributed by atoms with Gasteiger partial charge in [0.2, 0.25) is 0 Å². The molecule has 42 heavy (non-hydrogen) atoms. The Morgan fingerprint density at radius 1 is 1.12 bits per heavy atom. The third-order valence-electron chi connectivity index (χ3n) is 7.42. The molecule has 0 radical (unpaired) electrons. The number of nitrogens with one attached hydrogen (secondary N) is 2. The predicted octanol–water partition coefficient (Wildman–Crippen LogP) is 3.10. The number of fused-ring (bicyclic) bond motifs is 1. The number of aromatic nitrogens is 2. The molecule has 0 unspecified atom stereocenters. The van der Waals surface area contributed by atoms with Crippen molar-refractivity contribution in [3.05, 3.63) is 77.1 Å². The lowest BCUT2D eigenvalue weighted by Gasteiger charge is -2.24. The highest BCUT2D eigenvalue weighted by molar-refractivity contribution is 5.97. The van der Waals surface area contributed by atoms with Gasteiger partial charge in [-0.2, -0.15) is 0 Å². The van der Waals surface area contributed by atoms with Crippen LogP contribution in [0.25, 0.3) is 11.3 Å². The molecule has 1 aromatic heterocycles. The molecule has 0 bridgehead atoms. The lowest BCUT2D eigenvalue weighted by atomic mass is 10.1. The van der Waals surface area contributed by atoms with Crippen LogP contribution in [-0.4, -0.2) is 69.2 Å². The Labute approximate surface area is 244 Å². The first-order valence-electron chi connectivity index (χ1n) is 14.0. The van der Waals surface area contributed by atoms with Crippen molar-refractivity contribution in [2.75, 3.05) is 25.4 Å². The number of carbonyl (C=O) groups is 3. The number of anilines is 1. The van der Waals surface area contributed by atoms with Crippen molar-refractivity contribution in [1.29, 1.82) is 0 Å². The van der Waals surface area contributed by atoms with Crippen LogP contribution in [0.2, 0.25) is 0 Å². The largest absolute Gasteiger partial charge is 0.444 e. The fourth-order valence-corrected chi connectivity index (χ4v) is 5.31. The molecule has 11 heteroatoms. The monoisotopic (exact) mass is 572 g/mol. The van der Waals surface area contributed by atoms with Crippen molar-refractivity contribution in [3.8, 4) is 11.3 Å². The van der Waals surface area contributed by atoms with Crippen molar-refractivity contribution in [2.24, 2.45) is 5.92 Å². The zero-order chi connectivity index (χ0) is 30.0. The fraction of sp³-hybridized carbons (Fsp3) is 0.387. The second kappa shape index (κ2) is 11.8. The molecule has 3 atom stereocenters. The van der Waals surface area contributed by atoms with Crippen LogP contribution in [0.5, 0.6) is 0 Å². The van der Waals surface area contributed by atoms with E-state index in [0.29, 0.717) is 42.9 Å². The van der Waals surface area contributed by atoms with E-state index in [4.69, 9.17) is 10.5 Å². The van der Waals surface area contributed by atoms with Crippen LogP contribution in [0, 0.1) is 5.92 Å². The van der Waals surface area contributed by atoms with Crippen molar-refractivity contribution in [3.63, 3.8) is 0 Å². The summed E-state index contributed by atoms with van der Waals surface area (Å²) in [5.74, 6) is -0.753. The number of amides is 3. The van der Waals surface area contributed by atoms with Crippen LogP contribution in [0.3, 0.4) is 0 Å². The number of aliphatic hydroxyl groups is 1. The van der Waals surface area contributed by atoms with E-state index in [1.165, 1.54) is 6.20 Å². The van der Waals surface area contributed by atoms with Crippen molar-refractivity contribution in [1.82, 2.24) is 25.5 Å². The first kappa shape index (κ1) is 29.0. The smallest absolute Gasteiger partial charge is 0.410 e. The predicted molar refractivity (Wildman–Crippen MR) is 156 cm³/mol. The maximum absolute atomic E-state index is 13.1. The number of likely N-dealkylation sites (tertiary alicyclic amines) is 1. The van der Waals surface area contributed by atoms with Crippen LogP contribution >= 0.6 is 0 Å². The summed E-state index contributed by atoms with van der Waals surface area (Å²) in [4.78, 5) is 48.8. The normalized spacial score (nSPS) is 19.7. The molecule has 11 nitrogen and oxygen atoms in total. The van der Waals surface area contributed by atoms with Gasteiger partial charge >= 0.3 is 6.09 Å². The van der Waals surface area contributed by atoms with Crippen molar-refractivity contribution < 1.29 is 24.2 Å². The summed E-state index contributed by atoms with van der Waals surface area (Å²) in [6.45, 7) is 6.85. The number of hydrogen-bond acceptors (Lipinski definition) is 8. The Bertz CT molecular complexity index is 1500. The molecular weight excluding hydrogens is 536 g/mol. The standard InChI is InChI=1S/C31H36N6O5/c1-31(2,3)42-30(41)37-12-11-18(17-37)15-34-29(40)26-27(32)33-16-23(35-26)20-8-6-9-21(13-20)28(39)36-25-22-10-5-4-7-19(22)14-24(25)38/h4-10,13,16,18,24-25,38H,11-12,14-15,17H2,1-3H3,(H2,32,33)(H,34,40)(H,36,39)/t18-,24-,25+/m0/s1. The summed E-state index contributed by atoms with van der Waals surface area (Å²) in [5, 5.41) is 16.3. The molecule has 3 aromatic rings. The maximum atomic E-state index is 13.1. The number of carbonyl (C=O) groups excluding carboxylic acids is 3. The number of ether oxygens (including phenoxy) is 1. The summed E-state index contributed by atoms with van der Waals surface area (Å²) < 4.78 is 5.44. The molecular formula is C31H36N6O5. The van der Waals surface area contributed by atoms with E-state index in [9.17, 15) is 19.5 Å². The highest BCUT2D eigenvalue weighted by Gasteiger charge is 2.32. The quantitative estimate of drug-likeness (QED) is 0.351. The van der Waals surface area contributed by atoms with Crippen LogP contribution in [0.1, 0.15) is 65.2 Å². The number of rotatable bonds is 6. The average Bonchev–Trinajstić information content (AvgIpc) is 3.55. The summed E-state index contributed by atoms with van der Waals surface area (Å²) >= 11 is 0. The summed E-state index contributed by atoms with van der Waals surface area (Å²) in [6.07, 6.45) is 1.60. The fourth-order valence-electron chi connectivity index (χ4n) is 5.31. The molecule has 0 saturated carbocycles. The van der Waals surface area contributed by atoms with Gasteiger partial charge in [-0.1, -0.05) is 36.4 Å². The maximum Gasteiger partial charge on any atom is 0.410 e. The Balaban J connectivity index is 1.23.